The summed E-state index contributed by atoms with van der Waals surface area (Å²) in [7, 11) is 1.60. The largest absolute Gasteiger partial charge is 0.477 e. The highest BCUT2D eigenvalue weighted by atomic mass is 16.4. The third-order valence-electron chi connectivity index (χ3n) is 1.79. The molecule has 1 amide bonds. The number of carbonyl (C=O) groups excluding carboxylic acids is 1. The van der Waals surface area contributed by atoms with Crippen LogP contribution in [0.2, 0.25) is 0 Å². The van der Waals surface area contributed by atoms with Gasteiger partial charge < -0.3 is 10.4 Å². The molecule has 1 heterocycles. The molecule has 1 aromatic rings. The van der Waals surface area contributed by atoms with Crippen molar-refractivity contribution < 1.29 is 14.7 Å². The fourth-order valence-corrected chi connectivity index (χ4v) is 1.16. The molecule has 0 atom stereocenters. The number of nitrogens with zero attached hydrogens (tertiary/aromatic N) is 2. The molecule has 0 aromatic carbocycles. The Kier molecular flexibility index (Phi) is 3.43. The highest BCUT2D eigenvalue weighted by Gasteiger charge is 2.15. The first-order valence-electron chi connectivity index (χ1n) is 4.61. The number of aromatic nitrogens is 2. The number of amides is 1. The fraction of sp³-hybridized carbons (Fsp3) is 0.444. The first-order chi connectivity index (χ1) is 7.04. The summed E-state index contributed by atoms with van der Waals surface area (Å²) < 4.78 is 1.35. The van der Waals surface area contributed by atoms with Crippen molar-refractivity contribution in [3.05, 3.63) is 11.8 Å². The number of hydrogen-bond acceptors (Lipinski definition) is 3. The maximum absolute atomic E-state index is 11.2. The van der Waals surface area contributed by atoms with E-state index in [9.17, 15) is 9.59 Å². The van der Waals surface area contributed by atoms with E-state index in [1.165, 1.54) is 10.9 Å². The van der Waals surface area contributed by atoms with Crippen LogP contribution >= 0.6 is 0 Å². The average molecular weight is 211 g/mol. The smallest absolute Gasteiger partial charge is 0.341 e. The maximum Gasteiger partial charge on any atom is 0.341 e. The van der Waals surface area contributed by atoms with E-state index in [1.54, 1.807) is 7.05 Å². The molecule has 1 rings (SSSR count). The van der Waals surface area contributed by atoms with Crippen LogP contribution in [0.15, 0.2) is 6.20 Å². The Morgan fingerprint density at radius 3 is 2.80 bits per heavy atom. The van der Waals surface area contributed by atoms with Crippen LogP contribution in [0.4, 0.5) is 5.82 Å². The zero-order valence-electron chi connectivity index (χ0n) is 8.65. The van der Waals surface area contributed by atoms with E-state index < -0.39 is 5.97 Å². The standard InChI is InChI=1S/C9H13N3O3/c1-3-4-7(13)10-8-6(9(14)15)5-12(2)11-8/h5H,3-4H2,1-2H3,(H,14,15)(H,10,11,13). The van der Waals surface area contributed by atoms with Gasteiger partial charge >= 0.3 is 5.97 Å². The van der Waals surface area contributed by atoms with Gasteiger partial charge in [0.2, 0.25) is 5.91 Å². The number of hydrogen-bond donors (Lipinski definition) is 2. The predicted octanol–water partition coefficient (Wildman–Crippen LogP) is 0.857. The van der Waals surface area contributed by atoms with Gasteiger partial charge in [-0.25, -0.2) is 4.79 Å². The number of nitrogens with one attached hydrogen (secondary N) is 1. The average Bonchev–Trinajstić information content (AvgIpc) is 2.47. The molecule has 0 aliphatic carbocycles. The molecular formula is C9H13N3O3. The lowest BCUT2D eigenvalue weighted by molar-refractivity contribution is -0.116. The summed E-state index contributed by atoms with van der Waals surface area (Å²) in [5.74, 6) is -1.22. The van der Waals surface area contributed by atoms with Gasteiger partial charge in [0.25, 0.3) is 0 Å². The molecular weight excluding hydrogens is 198 g/mol. The lowest BCUT2D eigenvalue weighted by Gasteiger charge is -2.00. The molecule has 0 radical (unpaired) electrons. The molecule has 0 fully saturated rings. The molecule has 0 spiro atoms. The van der Waals surface area contributed by atoms with E-state index in [4.69, 9.17) is 5.11 Å². The number of carbonyl (C=O) groups is 2. The lowest BCUT2D eigenvalue weighted by atomic mass is 10.3. The summed E-state index contributed by atoms with van der Waals surface area (Å²) in [5, 5.41) is 15.1. The molecule has 82 valence electrons. The zero-order chi connectivity index (χ0) is 11.4. The highest BCUT2D eigenvalue weighted by Crippen LogP contribution is 2.12. The van der Waals surface area contributed by atoms with E-state index in [-0.39, 0.29) is 17.3 Å². The molecule has 0 unspecified atom stereocenters. The van der Waals surface area contributed by atoms with Crippen LogP contribution in [-0.2, 0) is 11.8 Å². The first-order valence-corrected chi connectivity index (χ1v) is 4.61. The van der Waals surface area contributed by atoms with Gasteiger partial charge in [0, 0.05) is 19.7 Å². The molecule has 1 aromatic heterocycles. The maximum atomic E-state index is 11.2. The Morgan fingerprint density at radius 2 is 2.27 bits per heavy atom. The molecule has 0 saturated heterocycles. The molecule has 15 heavy (non-hydrogen) atoms. The lowest BCUT2D eigenvalue weighted by Crippen LogP contribution is -2.13. The molecule has 6 heteroatoms. The SMILES string of the molecule is CCCC(=O)Nc1nn(C)cc1C(=O)O. The number of rotatable bonds is 4. The van der Waals surface area contributed by atoms with Crippen molar-refractivity contribution in [3.8, 4) is 0 Å². The minimum Gasteiger partial charge on any atom is -0.477 e. The molecule has 0 bridgehead atoms. The molecule has 0 saturated carbocycles. The van der Waals surface area contributed by atoms with Gasteiger partial charge in [-0.3, -0.25) is 9.48 Å². The number of aryl methyl sites for hydroxylation is 1. The molecule has 0 aliphatic heterocycles. The minimum absolute atomic E-state index is 0.00181. The van der Waals surface area contributed by atoms with Crippen LogP contribution in [0.3, 0.4) is 0 Å². The molecule has 2 N–H and O–H groups in total. The topological polar surface area (TPSA) is 84.2 Å². The van der Waals surface area contributed by atoms with Crippen molar-refractivity contribution in [2.24, 2.45) is 7.05 Å². The number of anilines is 1. The van der Waals surface area contributed by atoms with Crippen LogP contribution in [0.5, 0.6) is 0 Å². The third kappa shape index (κ3) is 2.80. The van der Waals surface area contributed by atoms with Gasteiger partial charge in [0.15, 0.2) is 5.82 Å². The second kappa shape index (κ2) is 4.59. The predicted molar refractivity (Wildman–Crippen MR) is 53.7 cm³/mol. The number of aromatic carboxylic acids is 1. The van der Waals surface area contributed by atoms with Gasteiger partial charge in [-0.15, -0.1) is 0 Å². The quantitative estimate of drug-likeness (QED) is 0.773. The van der Waals surface area contributed by atoms with Crippen molar-refractivity contribution in [1.29, 1.82) is 0 Å². The van der Waals surface area contributed by atoms with Crippen molar-refractivity contribution in [1.82, 2.24) is 9.78 Å². The summed E-state index contributed by atoms with van der Waals surface area (Å²) in [4.78, 5) is 22.0. The zero-order valence-corrected chi connectivity index (χ0v) is 8.65. The third-order valence-corrected chi connectivity index (χ3v) is 1.79. The van der Waals surface area contributed by atoms with Crippen LogP contribution in [0.25, 0.3) is 0 Å². The Bertz CT molecular complexity index is 384. The van der Waals surface area contributed by atoms with Crippen LogP contribution in [-0.4, -0.2) is 26.8 Å². The van der Waals surface area contributed by atoms with Crippen LogP contribution in [0.1, 0.15) is 30.1 Å². The van der Waals surface area contributed by atoms with Gasteiger partial charge in [0.05, 0.1) is 0 Å². The van der Waals surface area contributed by atoms with E-state index in [0.29, 0.717) is 12.8 Å². The van der Waals surface area contributed by atoms with Crippen LogP contribution in [0, 0.1) is 0 Å². The molecule has 6 nitrogen and oxygen atoms in total. The normalized spacial score (nSPS) is 10.0. The number of carboxylic acid groups (broad SMARTS) is 1. The Balaban J connectivity index is 2.84. The van der Waals surface area contributed by atoms with Crippen molar-refractivity contribution >= 4 is 17.7 Å². The summed E-state index contributed by atoms with van der Waals surface area (Å²) in [6.07, 6.45) is 2.42. The summed E-state index contributed by atoms with van der Waals surface area (Å²) in [5.41, 5.74) is 0.00181. The fourth-order valence-electron chi connectivity index (χ4n) is 1.16. The van der Waals surface area contributed by atoms with Crippen molar-refractivity contribution in [3.63, 3.8) is 0 Å². The second-order valence-corrected chi connectivity index (χ2v) is 3.17. The van der Waals surface area contributed by atoms with Gasteiger partial charge in [0.1, 0.15) is 5.56 Å². The minimum atomic E-state index is -1.10. The van der Waals surface area contributed by atoms with Crippen molar-refractivity contribution in [2.45, 2.75) is 19.8 Å². The van der Waals surface area contributed by atoms with E-state index in [0.717, 1.165) is 0 Å². The number of carboxylic acids is 1. The first kappa shape index (κ1) is 11.2. The van der Waals surface area contributed by atoms with E-state index >= 15 is 0 Å². The van der Waals surface area contributed by atoms with Gasteiger partial charge in [-0.05, 0) is 6.42 Å². The molecule has 0 aliphatic rings. The Hall–Kier alpha value is -1.85. The van der Waals surface area contributed by atoms with Crippen molar-refractivity contribution in [2.75, 3.05) is 5.32 Å². The van der Waals surface area contributed by atoms with E-state index in [2.05, 4.69) is 10.4 Å². The second-order valence-electron chi connectivity index (χ2n) is 3.17. The Labute approximate surface area is 86.9 Å². The summed E-state index contributed by atoms with van der Waals surface area (Å²) >= 11 is 0. The Morgan fingerprint density at radius 1 is 1.60 bits per heavy atom. The summed E-state index contributed by atoms with van der Waals surface area (Å²) in [6.45, 7) is 1.87. The summed E-state index contributed by atoms with van der Waals surface area (Å²) in [6, 6.07) is 0. The monoisotopic (exact) mass is 211 g/mol. The highest BCUT2D eigenvalue weighted by molar-refractivity contribution is 5.99. The van der Waals surface area contributed by atoms with E-state index in [1.807, 2.05) is 6.92 Å². The van der Waals surface area contributed by atoms with Crippen LogP contribution < -0.4 is 5.32 Å². The van der Waals surface area contributed by atoms with Gasteiger partial charge in [-0.2, -0.15) is 5.10 Å². The van der Waals surface area contributed by atoms with Gasteiger partial charge in [-0.1, -0.05) is 6.92 Å².